The maximum absolute atomic E-state index is 12.9. The molecule has 2 atom stereocenters. The molecule has 17 heavy (non-hydrogen) atoms. The second-order valence-electron chi connectivity index (χ2n) is 5.34. The fraction of sp³-hybridized carbons (Fsp3) is 0.571. The van der Waals surface area contributed by atoms with Crippen LogP contribution in [-0.4, -0.2) is 10.7 Å². The average Bonchev–Trinajstić information content (AvgIpc) is 2.22. The van der Waals surface area contributed by atoms with Crippen molar-refractivity contribution in [3.8, 4) is 0 Å². The average molecular weight is 257 g/mol. The normalized spacial score (nSPS) is 29.3. The Morgan fingerprint density at radius 3 is 2.94 bits per heavy atom. The Balaban J connectivity index is 2.14. The van der Waals surface area contributed by atoms with Gasteiger partial charge in [-0.15, -0.1) is 0 Å². The molecule has 1 aliphatic rings. The second kappa shape index (κ2) is 4.95. The molecule has 1 aromatic rings. The van der Waals surface area contributed by atoms with Crippen molar-refractivity contribution in [2.75, 3.05) is 0 Å². The number of hydrogen-bond acceptors (Lipinski definition) is 1. The fourth-order valence-electron chi connectivity index (χ4n) is 2.81. The van der Waals surface area contributed by atoms with Crippen LogP contribution in [-0.2, 0) is 6.42 Å². The Bertz CT molecular complexity index is 407. The van der Waals surface area contributed by atoms with E-state index in [0.29, 0.717) is 17.4 Å². The molecule has 0 spiro atoms. The van der Waals surface area contributed by atoms with Crippen molar-refractivity contribution in [3.63, 3.8) is 0 Å². The van der Waals surface area contributed by atoms with Crippen LogP contribution in [0.3, 0.4) is 0 Å². The number of rotatable bonds is 2. The largest absolute Gasteiger partial charge is 0.390 e. The van der Waals surface area contributed by atoms with Gasteiger partial charge in [-0.3, -0.25) is 0 Å². The van der Waals surface area contributed by atoms with Crippen LogP contribution in [0.2, 0.25) is 5.02 Å². The van der Waals surface area contributed by atoms with Crippen LogP contribution in [0.25, 0.3) is 0 Å². The van der Waals surface area contributed by atoms with Gasteiger partial charge in [0.25, 0.3) is 0 Å². The first-order valence-electron chi connectivity index (χ1n) is 6.15. The fourth-order valence-corrected chi connectivity index (χ4v) is 3.05. The van der Waals surface area contributed by atoms with Crippen molar-refractivity contribution in [1.29, 1.82) is 0 Å². The Morgan fingerprint density at radius 2 is 2.29 bits per heavy atom. The van der Waals surface area contributed by atoms with Crippen molar-refractivity contribution in [3.05, 3.63) is 34.6 Å². The van der Waals surface area contributed by atoms with E-state index in [1.807, 2.05) is 0 Å². The minimum absolute atomic E-state index is 0.331. The molecular weight excluding hydrogens is 239 g/mol. The van der Waals surface area contributed by atoms with E-state index in [1.165, 1.54) is 18.6 Å². The first kappa shape index (κ1) is 12.8. The first-order valence-corrected chi connectivity index (χ1v) is 6.53. The van der Waals surface area contributed by atoms with Crippen molar-refractivity contribution >= 4 is 11.6 Å². The van der Waals surface area contributed by atoms with Gasteiger partial charge in [-0.05, 0) is 36.5 Å². The number of hydrogen-bond donors (Lipinski definition) is 1. The zero-order valence-electron chi connectivity index (χ0n) is 10.0. The highest BCUT2D eigenvalue weighted by Gasteiger charge is 2.33. The molecule has 2 rings (SSSR count). The lowest BCUT2D eigenvalue weighted by atomic mass is 9.76. The van der Waals surface area contributed by atoms with E-state index in [9.17, 15) is 9.50 Å². The summed E-state index contributed by atoms with van der Waals surface area (Å²) in [6.45, 7) is 2.16. The Morgan fingerprint density at radius 1 is 1.53 bits per heavy atom. The summed E-state index contributed by atoms with van der Waals surface area (Å²) in [5.74, 6) is 0.218. The second-order valence-corrected chi connectivity index (χ2v) is 5.75. The van der Waals surface area contributed by atoms with Crippen LogP contribution in [0, 0.1) is 11.7 Å². The van der Waals surface area contributed by atoms with Gasteiger partial charge in [-0.1, -0.05) is 37.4 Å². The van der Waals surface area contributed by atoms with E-state index >= 15 is 0 Å². The molecule has 1 saturated carbocycles. The van der Waals surface area contributed by atoms with Gasteiger partial charge >= 0.3 is 0 Å². The molecule has 1 N–H and O–H groups in total. The predicted octanol–water partition coefficient (Wildman–Crippen LogP) is 3.96. The third kappa shape index (κ3) is 3.20. The van der Waals surface area contributed by atoms with Gasteiger partial charge in [0, 0.05) is 11.4 Å². The number of benzene rings is 1. The van der Waals surface area contributed by atoms with Crippen LogP contribution in [0.1, 0.15) is 38.2 Å². The zero-order chi connectivity index (χ0) is 12.5. The van der Waals surface area contributed by atoms with Gasteiger partial charge in [0.05, 0.1) is 5.60 Å². The van der Waals surface area contributed by atoms with Crippen molar-refractivity contribution in [1.82, 2.24) is 0 Å². The first-order chi connectivity index (χ1) is 7.98. The molecule has 0 aliphatic heterocycles. The summed E-state index contributed by atoms with van der Waals surface area (Å²) in [6, 6.07) is 4.39. The lowest BCUT2D eigenvalue weighted by molar-refractivity contribution is -0.0123. The van der Waals surface area contributed by atoms with Gasteiger partial charge in [-0.2, -0.15) is 0 Å². The van der Waals surface area contributed by atoms with Crippen LogP contribution < -0.4 is 0 Å². The highest BCUT2D eigenvalue weighted by atomic mass is 35.5. The monoisotopic (exact) mass is 256 g/mol. The summed E-state index contributed by atoms with van der Waals surface area (Å²) in [4.78, 5) is 0. The lowest BCUT2D eigenvalue weighted by Crippen LogP contribution is -2.36. The van der Waals surface area contributed by atoms with Crippen LogP contribution in [0.4, 0.5) is 4.39 Å². The van der Waals surface area contributed by atoms with Crippen LogP contribution >= 0.6 is 11.6 Å². The maximum Gasteiger partial charge on any atom is 0.124 e. The lowest BCUT2D eigenvalue weighted by Gasteiger charge is -2.35. The molecular formula is C14H18ClFO. The molecule has 0 heterocycles. The maximum atomic E-state index is 12.9. The van der Waals surface area contributed by atoms with Gasteiger partial charge in [0.15, 0.2) is 0 Å². The summed E-state index contributed by atoms with van der Waals surface area (Å²) in [7, 11) is 0. The molecule has 0 bridgehead atoms. The predicted molar refractivity (Wildman–Crippen MR) is 67.7 cm³/mol. The highest BCUT2D eigenvalue weighted by Crippen LogP contribution is 2.35. The smallest absolute Gasteiger partial charge is 0.124 e. The topological polar surface area (TPSA) is 20.2 Å². The van der Waals surface area contributed by atoms with E-state index in [0.717, 1.165) is 24.8 Å². The Hall–Kier alpha value is -0.600. The van der Waals surface area contributed by atoms with E-state index in [1.54, 1.807) is 6.07 Å². The third-order valence-corrected chi connectivity index (χ3v) is 3.95. The molecule has 0 radical (unpaired) electrons. The van der Waals surface area contributed by atoms with Gasteiger partial charge in [0.2, 0.25) is 0 Å². The summed E-state index contributed by atoms with van der Waals surface area (Å²) in [6.07, 6.45) is 4.37. The number of halogens is 2. The molecule has 1 aliphatic carbocycles. The molecule has 1 nitrogen and oxygen atoms in total. The van der Waals surface area contributed by atoms with E-state index in [-0.39, 0.29) is 5.82 Å². The standard InChI is InChI=1S/C14H18ClFO/c1-10-3-2-6-14(17,8-10)9-11-4-5-12(16)7-13(11)15/h4-5,7,10,17H,2-3,6,8-9H2,1H3. The molecule has 1 fully saturated rings. The minimum Gasteiger partial charge on any atom is -0.390 e. The quantitative estimate of drug-likeness (QED) is 0.849. The van der Waals surface area contributed by atoms with Gasteiger partial charge in [0.1, 0.15) is 5.82 Å². The summed E-state index contributed by atoms with van der Waals surface area (Å²) < 4.78 is 12.9. The van der Waals surface area contributed by atoms with E-state index in [2.05, 4.69) is 6.92 Å². The van der Waals surface area contributed by atoms with Crippen molar-refractivity contribution in [2.24, 2.45) is 5.92 Å². The molecule has 1 aromatic carbocycles. The number of aliphatic hydroxyl groups is 1. The van der Waals surface area contributed by atoms with Crippen molar-refractivity contribution in [2.45, 2.75) is 44.6 Å². The summed E-state index contributed by atoms with van der Waals surface area (Å²) in [5.41, 5.74) is 0.170. The summed E-state index contributed by atoms with van der Waals surface area (Å²) in [5, 5.41) is 11.0. The minimum atomic E-state index is -0.668. The molecule has 94 valence electrons. The van der Waals surface area contributed by atoms with Gasteiger partial charge in [-0.25, -0.2) is 4.39 Å². The van der Waals surface area contributed by atoms with Gasteiger partial charge < -0.3 is 5.11 Å². The van der Waals surface area contributed by atoms with Crippen molar-refractivity contribution < 1.29 is 9.50 Å². The SMILES string of the molecule is CC1CCCC(O)(Cc2ccc(F)cc2Cl)C1. The summed E-state index contributed by atoms with van der Waals surface area (Å²) >= 11 is 6.00. The molecule has 3 heteroatoms. The van der Waals surface area contributed by atoms with Crippen LogP contribution in [0.15, 0.2) is 18.2 Å². The molecule has 0 amide bonds. The Labute approximate surface area is 107 Å². The molecule has 2 unspecified atom stereocenters. The zero-order valence-corrected chi connectivity index (χ0v) is 10.8. The molecule has 0 aromatic heterocycles. The third-order valence-electron chi connectivity index (χ3n) is 3.60. The van der Waals surface area contributed by atoms with E-state index in [4.69, 9.17) is 11.6 Å². The van der Waals surface area contributed by atoms with E-state index < -0.39 is 5.60 Å². The highest BCUT2D eigenvalue weighted by molar-refractivity contribution is 6.31. The van der Waals surface area contributed by atoms with Crippen LogP contribution in [0.5, 0.6) is 0 Å². The Kier molecular flexibility index (Phi) is 3.74. The molecule has 0 saturated heterocycles.